The maximum Gasteiger partial charge on any atom is 0.306 e. The van der Waals surface area contributed by atoms with E-state index in [-0.39, 0.29) is 31.1 Å². The SMILES string of the molecule is CC/C=C\C/C=C\C/C=C\C/C=C\C/C=C\C/C=C\CCCCCCCCCCCCCCC(=O)OCC(COC(=O)CCCCC/C=C\C/C=C\C/C=C\CC)OC(=O)CCCCCCCCCCCCCCCCCCCCCCC. The van der Waals surface area contributed by atoms with Gasteiger partial charge in [0.05, 0.1) is 0 Å². The van der Waals surface area contributed by atoms with E-state index < -0.39 is 6.10 Å². The van der Waals surface area contributed by atoms with Crippen molar-refractivity contribution in [1.82, 2.24) is 0 Å². The third-order valence-electron chi connectivity index (χ3n) is 15.3. The van der Waals surface area contributed by atoms with Gasteiger partial charge in [0, 0.05) is 19.3 Å². The van der Waals surface area contributed by atoms with E-state index in [2.05, 4.69) is 130 Å². The van der Waals surface area contributed by atoms with Crippen molar-refractivity contribution in [2.75, 3.05) is 13.2 Å². The minimum atomic E-state index is -0.791. The summed E-state index contributed by atoms with van der Waals surface area (Å²) in [5, 5.41) is 0. The molecule has 1 unspecified atom stereocenters. The second-order valence-corrected chi connectivity index (χ2v) is 23.4. The van der Waals surface area contributed by atoms with Crippen LogP contribution in [0.2, 0.25) is 0 Å². The molecule has 0 aliphatic rings. The number of esters is 3. The molecule has 0 aromatic heterocycles. The first-order valence-corrected chi connectivity index (χ1v) is 35.4. The summed E-state index contributed by atoms with van der Waals surface area (Å²) in [5.41, 5.74) is 0. The van der Waals surface area contributed by atoms with E-state index in [0.717, 1.165) is 122 Å². The summed E-state index contributed by atoms with van der Waals surface area (Å²) in [6.07, 6.45) is 96.9. The van der Waals surface area contributed by atoms with Crippen molar-refractivity contribution in [1.29, 1.82) is 0 Å². The number of unbranched alkanes of at least 4 members (excludes halogenated alkanes) is 35. The van der Waals surface area contributed by atoms with Crippen molar-refractivity contribution in [2.45, 2.75) is 348 Å². The highest BCUT2D eigenvalue weighted by Crippen LogP contribution is 2.18. The van der Waals surface area contributed by atoms with Crippen molar-refractivity contribution in [3.05, 3.63) is 109 Å². The van der Waals surface area contributed by atoms with Crippen LogP contribution in [0.3, 0.4) is 0 Å². The predicted molar refractivity (Wildman–Crippen MR) is 362 cm³/mol. The summed E-state index contributed by atoms with van der Waals surface area (Å²) in [5.74, 6) is -0.902. The molecule has 6 nitrogen and oxygen atoms in total. The van der Waals surface area contributed by atoms with Crippen LogP contribution in [0.4, 0.5) is 0 Å². The molecule has 0 radical (unpaired) electrons. The van der Waals surface area contributed by atoms with Crippen LogP contribution in [0.1, 0.15) is 342 Å². The van der Waals surface area contributed by atoms with Crippen LogP contribution in [0.15, 0.2) is 109 Å². The lowest BCUT2D eigenvalue weighted by Gasteiger charge is -2.18. The minimum Gasteiger partial charge on any atom is -0.462 e. The van der Waals surface area contributed by atoms with Crippen molar-refractivity contribution < 1.29 is 28.6 Å². The fourth-order valence-electron chi connectivity index (χ4n) is 10.1. The average molecular weight is 1150 g/mol. The van der Waals surface area contributed by atoms with Crippen LogP contribution in [0.25, 0.3) is 0 Å². The molecule has 0 N–H and O–H groups in total. The Morgan fingerprint density at radius 2 is 0.470 bits per heavy atom. The molecule has 0 amide bonds. The molecule has 0 fully saturated rings. The maximum atomic E-state index is 12.9. The molecular weight excluding hydrogens is 1020 g/mol. The Morgan fingerprint density at radius 3 is 0.747 bits per heavy atom. The van der Waals surface area contributed by atoms with Crippen LogP contribution < -0.4 is 0 Å². The highest BCUT2D eigenvalue weighted by atomic mass is 16.6. The molecule has 0 heterocycles. The first-order valence-electron chi connectivity index (χ1n) is 35.4. The van der Waals surface area contributed by atoms with Crippen molar-refractivity contribution in [3.8, 4) is 0 Å². The normalized spacial score (nSPS) is 12.8. The van der Waals surface area contributed by atoms with E-state index in [1.165, 1.54) is 180 Å². The molecule has 0 aromatic rings. The van der Waals surface area contributed by atoms with Gasteiger partial charge in [-0.25, -0.2) is 0 Å². The molecule has 1 atom stereocenters. The van der Waals surface area contributed by atoms with E-state index >= 15 is 0 Å². The topological polar surface area (TPSA) is 78.9 Å². The van der Waals surface area contributed by atoms with Crippen molar-refractivity contribution in [3.63, 3.8) is 0 Å². The fraction of sp³-hybridized carbons (Fsp3) is 0.727. The number of carbonyl (C=O) groups excluding carboxylic acids is 3. The molecule has 0 spiro atoms. The van der Waals surface area contributed by atoms with E-state index in [4.69, 9.17) is 14.2 Å². The van der Waals surface area contributed by atoms with E-state index in [1.807, 2.05) is 0 Å². The van der Waals surface area contributed by atoms with Gasteiger partial charge in [-0.1, -0.05) is 329 Å². The zero-order chi connectivity index (χ0) is 59.9. The summed E-state index contributed by atoms with van der Waals surface area (Å²) >= 11 is 0. The fourth-order valence-corrected chi connectivity index (χ4v) is 10.1. The van der Waals surface area contributed by atoms with Gasteiger partial charge in [0.1, 0.15) is 13.2 Å². The molecule has 83 heavy (non-hydrogen) atoms. The zero-order valence-electron chi connectivity index (χ0n) is 54.7. The first kappa shape index (κ1) is 79.1. The standard InChI is InChI=1S/C77H132O6/c1-4-7-10-13-16-19-22-25-27-29-31-33-34-35-36-37-38-39-40-41-42-44-45-47-49-52-55-58-61-64-67-70-76(79)82-73-74(72-81-75(78)69-66-63-60-57-54-51-24-21-18-15-12-9-6-3)83-77(80)71-68-65-62-59-56-53-50-48-46-43-32-30-28-26-23-20-17-14-11-8-5-2/h7,9-10,12,16,18-19,21,25,27,31,33,35-36,38-39,51,54,74H,4-6,8,11,13-15,17,20,22-24,26,28-30,32,34,37,40-50,52-53,55-73H2,1-3H3/b10-7-,12-9-,19-16-,21-18-,27-25-,33-31-,36-35-,39-38-,54-51-. The molecular formula is C77H132O6. The Hall–Kier alpha value is -3.93. The number of ether oxygens (including phenoxy) is 3. The Balaban J connectivity index is 4.26. The summed E-state index contributed by atoms with van der Waals surface area (Å²) in [6.45, 7) is 6.43. The molecule has 6 heteroatoms. The second kappa shape index (κ2) is 70.6. The van der Waals surface area contributed by atoms with Gasteiger partial charge in [-0.05, 0) is 103 Å². The Bertz CT molecular complexity index is 1660. The van der Waals surface area contributed by atoms with Crippen molar-refractivity contribution >= 4 is 17.9 Å². The molecule has 476 valence electrons. The summed E-state index contributed by atoms with van der Waals surface area (Å²) in [6, 6.07) is 0. The summed E-state index contributed by atoms with van der Waals surface area (Å²) in [4.78, 5) is 38.4. The van der Waals surface area contributed by atoms with Gasteiger partial charge in [0.25, 0.3) is 0 Å². The lowest BCUT2D eigenvalue weighted by Crippen LogP contribution is -2.30. The molecule has 0 bridgehead atoms. The van der Waals surface area contributed by atoms with E-state index in [0.29, 0.717) is 19.3 Å². The third-order valence-corrected chi connectivity index (χ3v) is 15.3. The van der Waals surface area contributed by atoms with Crippen LogP contribution in [0, 0.1) is 0 Å². The van der Waals surface area contributed by atoms with Crippen LogP contribution >= 0.6 is 0 Å². The smallest absolute Gasteiger partial charge is 0.306 e. The largest absolute Gasteiger partial charge is 0.462 e. The van der Waals surface area contributed by atoms with Gasteiger partial charge in [-0.2, -0.15) is 0 Å². The van der Waals surface area contributed by atoms with Crippen LogP contribution in [0.5, 0.6) is 0 Å². The number of hydrogen-bond acceptors (Lipinski definition) is 6. The second-order valence-electron chi connectivity index (χ2n) is 23.4. The van der Waals surface area contributed by atoms with Gasteiger partial charge in [0.2, 0.25) is 0 Å². The van der Waals surface area contributed by atoms with Gasteiger partial charge < -0.3 is 14.2 Å². The quantitative estimate of drug-likeness (QED) is 0.0261. The highest BCUT2D eigenvalue weighted by Gasteiger charge is 2.19. The Kier molecular flexibility index (Phi) is 67.2. The number of hydrogen-bond donors (Lipinski definition) is 0. The minimum absolute atomic E-state index is 0.0857. The van der Waals surface area contributed by atoms with E-state index in [9.17, 15) is 14.4 Å². The van der Waals surface area contributed by atoms with Gasteiger partial charge in [-0.3, -0.25) is 14.4 Å². The Labute approximate surface area is 514 Å². The van der Waals surface area contributed by atoms with Crippen molar-refractivity contribution in [2.24, 2.45) is 0 Å². The molecule has 0 aromatic carbocycles. The first-order chi connectivity index (χ1) is 41.0. The number of allylic oxidation sites excluding steroid dienone is 18. The molecule has 0 aliphatic carbocycles. The third kappa shape index (κ3) is 68.7. The molecule has 0 aliphatic heterocycles. The maximum absolute atomic E-state index is 12.9. The van der Waals surface area contributed by atoms with E-state index in [1.54, 1.807) is 0 Å². The zero-order valence-corrected chi connectivity index (χ0v) is 54.7. The lowest BCUT2D eigenvalue weighted by molar-refractivity contribution is -0.167. The van der Waals surface area contributed by atoms with Gasteiger partial charge in [0.15, 0.2) is 6.10 Å². The lowest BCUT2D eigenvalue weighted by atomic mass is 10.0. The number of rotatable bonds is 64. The number of carbonyl (C=O) groups is 3. The Morgan fingerprint density at radius 1 is 0.253 bits per heavy atom. The molecule has 0 saturated heterocycles. The highest BCUT2D eigenvalue weighted by molar-refractivity contribution is 5.71. The summed E-state index contributed by atoms with van der Waals surface area (Å²) in [7, 11) is 0. The van der Waals surface area contributed by atoms with Crippen LogP contribution in [-0.4, -0.2) is 37.2 Å². The summed E-state index contributed by atoms with van der Waals surface area (Å²) < 4.78 is 17.0. The molecule has 0 rings (SSSR count). The molecule has 0 saturated carbocycles. The predicted octanol–water partition coefficient (Wildman–Crippen LogP) is 24.6. The van der Waals surface area contributed by atoms with Gasteiger partial charge in [-0.15, -0.1) is 0 Å². The average Bonchev–Trinajstić information content (AvgIpc) is 3.49. The van der Waals surface area contributed by atoms with Crippen LogP contribution in [-0.2, 0) is 28.6 Å². The monoisotopic (exact) mass is 1150 g/mol. The van der Waals surface area contributed by atoms with Gasteiger partial charge >= 0.3 is 17.9 Å².